The Balaban J connectivity index is 1.97. The van der Waals surface area contributed by atoms with Crippen LogP contribution in [0.4, 0.5) is 5.69 Å². The normalized spacial score (nSPS) is 11.6. The van der Waals surface area contributed by atoms with Crippen molar-refractivity contribution in [2.45, 2.75) is 11.8 Å². The summed E-state index contributed by atoms with van der Waals surface area (Å²) in [6.07, 6.45) is 0. The Bertz CT molecular complexity index is 761. The van der Waals surface area contributed by atoms with Crippen molar-refractivity contribution < 1.29 is 18.5 Å². The molecule has 0 aromatic heterocycles. The standard InChI is InChI=1S/C17H16BrNO4S/c1-2-24(22)15-6-4-3-5-14(15)17(21)23-11-16(20)19-13-9-7-12(18)8-10-13/h3-10H,2,11H2,1H3,(H,19,20)/t24-/m0/s1. The van der Waals surface area contributed by atoms with E-state index in [1.807, 2.05) is 0 Å². The van der Waals surface area contributed by atoms with Gasteiger partial charge in [-0.05, 0) is 36.4 Å². The number of esters is 1. The maximum atomic E-state index is 12.1. The second-order valence-corrected chi connectivity index (χ2v) is 7.39. The molecule has 0 saturated carbocycles. The first-order valence-corrected chi connectivity index (χ1v) is 9.32. The van der Waals surface area contributed by atoms with Gasteiger partial charge in [0.15, 0.2) is 6.61 Å². The SMILES string of the molecule is CC[S@](=O)c1ccccc1C(=O)OCC(=O)Nc1ccc(Br)cc1. The monoisotopic (exact) mass is 409 g/mol. The van der Waals surface area contributed by atoms with Crippen LogP contribution in [0.25, 0.3) is 0 Å². The number of anilines is 1. The van der Waals surface area contributed by atoms with Crippen LogP contribution in [0.5, 0.6) is 0 Å². The molecule has 0 saturated heterocycles. The van der Waals surface area contributed by atoms with Gasteiger partial charge in [0.1, 0.15) is 0 Å². The molecule has 0 fully saturated rings. The average Bonchev–Trinajstić information content (AvgIpc) is 2.61. The largest absolute Gasteiger partial charge is 0.452 e. The van der Waals surface area contributed by atoms with Crippen molar-refractivity contribution in [1.29, 1.82) is 0 Å². The molecular formula is C17H16BrNO4S. The summed E-state index contributed by atoms with van der Waals surface area (Å²) in [4.78, 5) is 24.4. The number of carbonyl (C=O) groups is 2. The van der Waals surface area contributed by atoms with Gasteiger partial charge in [-0.1, -0.05) is 35.0 Å². The fourth-order valence-corrected chi connectivity index (χ4v) is 3.13. The molecule has 2 aromatic carbocycles. The summed E-state index contributed by atoms with van der Waals surface area (Å²) in [6, 6.07) is 13.6. The van der Waals surface area contributed by atoms with Crippen molar-refractivity contribution in [1.82, 2.24) is 0 Å². The lowest BCUT2D eigenvalue weighted by Crippen LogP contribution is -2.21. The highest BCUT2D eigenvalue weighted by Gasteiger charge is 2.17. The minimum Gasteiger partial charge on any atom is -0.452 e. The van der Waals surface area contributed by atoms with Crippen LogP contribution in [0.15, 0.2) is 57.9 Å². The second kappa shape index (κ2) is 8.75. The second-order valence-electron chi connectivity index (χ2n) is 4.76. The minimum atomic E-state index is -1.28. The molecule has 1 atom stereocenters. The number of hydrogen-bond acceptors (Lipinski definition) is 4. The van der Waals surface area contributed by atoms with Gasteiger partial charge in [0, 0.05) is 15.9 Å². The van der Waals surface area contributed by atoms with Crippen LogP contribution in [0.2, 0.25) is 0 Å². The Morgan fingerprint density at radius 2 is 1.79 bits per heavy atom. The Kier molecular flexibility index (Phi) is 6.69. The smallest absolute Gasteiger partial charge is 0.339 e. The Hall–Kier alpha value is -1.99. The molecule has 0 aliphatic heterocycles. The number of hydrogen-bond donors (Lipinski definition) is 1. The van der Waals surface area contributed by atoms with E-state index in [9.17, 15) is 13.8 Å². The van der Waals surface area contributed by atoms with Crippen LogP contribution in [0.3, 0.4) is 0 Å². The third-order valence-electron chi connectivity index (χ3n) is 3.08. The molecule has 1 N–H and O–H groups in total. The van der Waals surface area contributed by atoms with E-state index in [1.54, 1.807) is 49.4 Å². The van der Waals surface area contributed by atoms with Crippen LogP contribution in [0, 0.1) is 0 Å². The fraction of sp³-hybridized carbons (Fsp3) is 0.176. The first-order chi connectivity index (χ1) is 11.5. The molecule has 2 rings (SSSR count). The fourth-order valence-electron chi connectivity index (χ4n) is 1.93. The molecule has 0 unspecified atom stereocenters. The van der Waals surface area contributed by atoms with Crippen molar-refractivity contribution in [3.05, 3.63) is 58.6 Å². The number of benzene rings is 2. The first kappa shape index (κ1) is 18.4. The molecule has 0 heterocycles. The molecule has 1 amide bonds. The molecule has 0 radical (unpaired) electrons. The zero-order valence-electron chi connectivity index (χ0n) is 13.0. The Morgan fingerprint density at radius 1 is 1.12 bits per heavy atom. The molecular weight excluding hydrogens is 394 g/mol. The number of rotatable bonds is 6. The van der Waals surface area contributed by atoms with Gasteiger partial charge in [-0.25, -0.2) is 4.79 Å². The van der Waals surface area contributed by atoms with Gasteiger partial charge in [0.25, 0.3) is 5.91 Å². The summed E-state index contributed by atoms with van der Waals surface area (Å²) >= 11 is 3.30. The minimum absolute atomic E-state index is 0.217. The first-order valence-electron chi connectivity index (χ1n) is 7.21. The van der Waals surface area contributed by atoms with Gasteiger partial charge in [-0.2, -0.15) is 0 Å². The molecule has 5 nitrogen and oxygen atoms in total. The maximum absolute atomic E-state index is 12.1. The molecule has 0 aliphatic carbocycles. The third kappa shape index (κ3) is 5.01. The van der Waals surface area contributed by atoms with E-state index in [1.165, 1.54) is 6.07 Å². The van der Waals surface area contributed by atoms with Crippen molar-refractivity contribution in [2.75, 3.05) is 17.7 Å². The van der Waals surface area contributed by atoms with Gasteiger partial charge < -0.3 is 10.1 Å². The number of ether oxygens (including phenoxy) is 1. The highest BCUT2D eigenvalue weighted by Crippen LogP contribution is 2.16. The molecule has 24 heavy (non-hydrogen) atoms. The quantitative estimate of drug-likeness (QED) is 0.742. The van der Waals surface area contributed by atoms with E-state index in [4.69, 9.17) is 4.74 Å². The molecule has 126 valence electrons. The lowest BCUT2D eigenvalue weighted by atomic mass is 10.2. The highest BCUT2D eigenvalue weighted by atomic mass is 79.9. The lowest BCUT2D eigenvalue weighted by molar-refractivity contribution is -0.119. The van der Waals surface area contributed by atoms with Gasteiger partial charge in [0.2, 0.25) is 0 Å². The van der Waals surface area contributed by atoms with E-state index >= 15 is 0 Å². The number of carbonyl (C=O) groups excluding carboxylic acids is 2. The summed E-state index contributed by atoms with van der Waals surface area (Å²) in [5.41, 5.74) is 0.820. The van der Waals surface area contributed by atoms with E-state index in [0.717, 1.165) is 4.47 Å². The molecule has 7 heteroatoms. The molecule has 0 aliphatic rings. The van der Waals surface area contributed by atoms with Crippen molar-refractivity contribution in [2.24, 2.45) is 0 Å². The van der Waals surface area contributed by atoms with E-state index in [-0.39, 0.29) is 5.56 Å². The van der Waals surface area contributed by atoms with Crippen molar-refractivity contribution in [3.8, 4) is 0 Å². The van der Waals surface area contributed by atoms with E-state index < -0.39 is 29.3 Å². The van der Waals surface area contributed by atoms with Gasteiger partial charge in [-0.3, -0.25) is 9.00 Å². The van der Waals surface area contributed by atoms with Gasteiger partial charge in [-0.15, -0.1) is 0 Å². The summed E-state index contributed by atoms with van der Waals surface area (Å²) in [5.74, 6) is -0.716. The number of halogens is 1. The zero-order valence-corrected chi connectivity index (χ0v) is 15.4. The van der Waals surface area contributed by atoms with Crippen LogP contribution in [0.1, 0.15) is 17.3 Å². The lowest BCUT2D eigenvalue weighted by Gasteiger charge is -2.09. The van der Waals surface area contributed by atoms with Gasteiger partial charge >= 0.3 is 5.97 Å². The molecule has 0 bridgehead atoms. The maximum Gasteiger partial charge on any atom is 0.339 e. The third-order valence-corrected chi connectivity index (χ3v) is 4.98. The van der Waals surface area contributed by atoms with E-state index in [2.05, 4.69) is 21.2 Å². The summed E-state index contributed by atoms with van der Waals surface area (Å²) in [5, 5.41) is 2.63. The number of amides is 1. The van der Waals surface area contributed by atoms with Crippen LogP contribution >= 0.6 is 15.9 Å². The average molecular weight is 410 g/mol. The number of nitrogens with one attached hydrogen (secondary N) is 1. The van der Waals surface area contributed by atoms with E-state index in [0.29, 0.717) is 16.3 Å². The highest BCUT2D eigenvalue weighted by molar-refractivity contribution is 9.10. The topological polar surface area (TPSA) is 72.5 Å². The van der Waals surface area contributed by atoms with Crippen molar-refractivity contribution >= 4 is 44.3 Å². The summed E-state index contributed by atoms with van der Waals surface area (Å²) in [6.45, 7) is 1.35. The molecule has 0 spiro atoms. The predicted molar refractivity (Wildman–Crippen MR) is 96.4 cm³/mol. The van der Waals surface area contributed by atoms with Crippen molar-refractivity contribution in [3.63, 3.8) is 0 Å². The Labute approximate surface area is 151 Å². The van der Waals surface area contributed by atoms with Crippen LogP contribution < -0.4 is 5.32 Å². The summed E-state index contributed by atoms with van der Waals surface area (Å²) in [7, 11) is -1.28. The van der Waals surface area contributed by atoms with Crippen LogP contribution in [-0.4, -0.2) is 28.4 Å². The zero-order chi connectivity index (χ0) is 17.5. The van der Waals surface area contributed by atoms with Gasteiger partial charge in [0.05, 0.1) is 21.3 Å². The predicted octanol–water partition coefficient (Wildman–Crippen LogP) is 3.37. The van der Waals surface area contributed by atoms with Crippen LogP contribution in [-0.2, 0) is 20.3 Å². The Morgan fingerprint density at radius 3 is 2.46 bits per heavy atom. The summed E-state index contributed by atoms with van der Waals surface area (Å²) < 4.78 is 17.9. The molecule has 2 aromatic rings.